The number of ether oxygens (including phenoxy) is 3. The van der Waals surface area contributed by atoms with Crippen molar-refractivity contribution in [2.24, 2.45) is 0 Å². The average molecular weight is 214 g/mol. The summed E-state index contributed by atoms with van der Waals surface area (Å²) in [6.45, 7) is 4.66. The highest BCUT2D eigenvalue weighted by atomic mass is 16.7. The summed E-state index contributed by atoms with van der Waals surface area (Å²) < 4.78 is 16.1. The maximum absolute atomic E-state index is 11.7. The monoisotopic (exact) mass is 214 g/mol. The van der Waals surface area contributed by atoms with Crippen molar-refractivity contribution in [2.45, 2.75) is 50.4 Å². The molecule has 3 unspecified atom stereocenters. The number of methoxy groups -OCH3 is 1. The van der Waals surface area contributed by atoms with E-state index in [2.05, 4.69) is 0 Å². The second kappa shape index (κ2) is 3.46. The molecule has 4 nitrogen and oxygen atoms in total. The van der Waals surface area contributed by atoms with Gasteiger partial charge in [-0.05, 0) is 26.2 Å². The van der Waals surface area contributed by atoms with Crippen molar-refractivity contribution in [1.82, 2.24) is 0 Å². The molecule has 2 aliphatic rings. The van der Waals surface area contributed by atoms with Gasteiger partial charge in [-0.1, -0.05) is 6.92 Å². The van der Waals surface area contributed by atoms with Crippen LogP contribution < -0.4 is 0 Å². The molecule has 15 heavy (non-hydrogen) atoms. The lowest BCUT2D eigenvalue weighted by atomic mass is 9.86. The van der Waals surface area contributed by atoms with Crippen molar-refractivity contribution in [3.8, 4) is 0 Å². The van der Waals surface area contributed by atoms with E-state index < -0.39 is 11.2 Å². The highest BCUT2D eigenvalue weighted by Crippen LogP contribution is 2.55. The lowest BCUT2D eigenvalue weighted by Gasteiger charge is -2.18. The Kier molecular flexibility index (Phi) is 2.51. The van der Waals surface area contributed by atoms with Gasteiger partial charge in [-0.15, -0.1) is 0 Å². The predicted molar refractivity (Wildman–Crippen MR) is 53.5 cm³/mol. The van der Waals surface area contributed by atoms with Gasteiger partial charge in [0.05, 0.1) is 13.2 Å². The van der Waals surface area contributed by atoms with Crippen LogP contribution in [-0.2, 0) is 19.0 Å². The zero-order chi connectivity index (χ0) is 11.1. The maximum atomic E-state index is 11.7. The SMILES string of the molecule is CCC1(C(=O)OC)OC1(C)C1CCCO1. The van der Waals surface area contributed by atoms with E-state index in [1.807, 2.05) is 13.8 Å². The molecule has 2 fully saturated rings. The van der Waals surface area contributed by atoms with Crippen molar-refractivity contribution in [2.75, 3.05) is 13.7 Å². The number of carbonyl (C=O) groups is 1. The first-order valence-corrected chi connectivity index (χ1v) is 5.51. The van der Waals surface area contributed by atoms with E-state index >= 15 is 0 Å². The van der Waals surface area contributed by atoms with Crippen LogP contribution in [0.4, 0.5) is 0 Å². The Bertz CT molecular complexity index is 272. The number of hydrogen-bond acceptors (Lipinski definition) is 4. The molecule has 0 aromatic carbocycles. The Labute approximate surface area is 89.9 Å². The lowest BCUT2D eigenvalue weighted by molar-refractivity contribution is -0.147. The van der Waals surface area contributed by atoms with Crippen molar-refractivity contribution in [1.29, 1.82) is 0 Å². The molecule has 4 heteroatoms. The van der Waals surface area contributed by atoms with Crippen LogP contribution in [0.2, 0.25) is 0 Å². The van der Waals surface area contributed by atoms with Gasteiger partial charge in [0.15, 0.2) is 5.60 Å². The molecule has 0 bridgehead atoms. The summed E-state index contributed by atoms with van der Waals surface area (Å²) in [6.07, 6.45) is 2.69. The normalized spacial score (nSPS) is 44.1. The molecule has 0 aromatic heterocycles. The Balaban J connectivity index is 2.15. The Morgan fingerprint density at radius 3 is 2.80 bits per heavy atom. The third-order valence-electron chi connectivity index (χ3n) is 3.70. The van der Waals surface area contributed by atoms with Crippen LogP contribution in [0.25, 0.3) is 0 Å². The van der Waals surface area contributed by atoms with Gasteiger partial charge in [0.2, 0.25) is 0 Å². The predicted octanol–water partition coefficient (Wildman–Crippen LogP) is 1.28. The van der Waals surface area contributed by atoms with E-state index in [-0.39, 0.29) is 12.1 Å². The molecule has 0 N–H and O–H groups in total. The lowest BCUT2D eigenvalue weighted by Crippen LogP contribution is -2.40. The number of epoxide rings is 1. The smallest absolute Gasteiger partial charge is 0.341 e. The van der Waals surface area contributed by atoms with E-state index in [1.54, 1.807) is 0 Å². The maximum Gasteiger partial charge on any atom is 0.341 e. The van der Waals surface area contributed by atoms with Crippen molar-refractivity contribution in [3.63, 3.8) is 0 Å². The average Bonchev–Trinajstić information content (AvgIpc) is 2.70. The first-order valence-electron chi connectivity index (χ1n) is 5.51. The zero-order valence-corrected chi connectivity index (χ0v) is 9.54. The van der Waals surface area contributed by atoms with E-state index in [0.29, 0.717) is 6.42 Å². The molecule has 86 valence electrons. The van der Waals surface area contributed by atoms with Gasteiger partial charge in [0.1, 0.15) is 5.60 Å². The fourth-order valence-electron chi connectivity index (χ4n) is 2.65. The molecule has 0 aliphatic carbocycles. The van der Waals surface area contributed by atoms with Crippen molar-refractivity contribution < 1.29 is 19.0 Å². The van der Waals surface area contributed by atoms with Crippen LogP contribution in [0.1, 0.15) is 33.1 Å². The quantitative estimate of drug-likeness (QED) is 0.524. The van der Waals surface area contributed by atoms with Crippen LogP contribution in [0.15, 0.2) is 0 Å². The third kappa shape index (κ3) is 1.31. The van der Waals surface area contributed by atoms with Gasteiger partial charge in [-0.3, -0.25) is 0 Å². The van der Waals surface area contributed by atoms with Crippen LogP contribution in [0.5, 0.6) is 0 Å². The van der Waals surface area contributed by atoms with E-state index in [1.165, 1.54) is 7.11 Å². The Hall–Kier alpha value is -0.610. The first kappa shape index (κ1) is 10.9. The molecular formula is C11H18O4. The molecule has 2 rings (SSSR count). The highest BCUT2D eigenvalue weighted by Gasteiger charge is 2.75. The second-order valence-corrected chi connectivity index (χ2v) is 4.38. The van der Waals surface area contributed by atoms with Gasteiger partial charge >= 0.3 is 5.97 Å². The van der Waals surface area contributed by atoms with Gasteiger partial charge in [0, 0.05) is 6.61 Å². The summed E-state index contributed by atoms with van der Waals surface area (Å²) in [4.78, 5) is 11.7. The number of carbonyl (C=O) groups excluding carboxylic acids is 1. The van der Waals surface area contributed by atoms with Gasteiger partial charge in [-0.2, -0.15) is 0 Å². The van der Waals surface area contributed by atoms with Crippen LogP contribution in [0, 0.1) is 0 Å². The number of esters is 1. The molecule has 2 heterocycles. The minimum Gasteiger partial charge on any atom is -0.467 e. The number of rotatable bonds is 3. The molecular weight excluding hydrogens is 196 g/mol. The summed E-state index contributed by atoms with van der Waals surface area (Å²) in [7, 11) is 1.40. The van der Waals surface area contributed by atoms with Crippen LogP contribution in [0.3, 0.4) is 0 Å². The fourth-order valence-corrected chi connectivity index (χ4v) is 2.65. The molecule has 0 amide bonds. The highest BCUT2D eigenvalue weighted by molar-refractivity contribution is 5.85. The van der Waals surface area contributed by atoms with E-state index in [0.717, 1.165) is 19.4 Å². The molecule has 3 atom stereocenters. The Morgan fingerprint density at radius 2 is 2.33 bits per heavy atom. The molecule has 2 saturated heterocycles. The largest absolute Gasteiger partial charge is 0.467 e. The topological polar surface area (TPSA) is 48.1 Å². The standard InChI is InChI=1S/C11H18O4/c1-4-11(9(12)13-3)10(2,15-11)8-6-5-7-14-8/h8H,4-7H2,1-3H3. The van der Waals surface area contributed by atoms with Crippen LogP contribution >= 0.6 is 0 Å². The fraction of sp³-hybridized carbons (Fsp3) is 0.909. The summed E-state index contributed by atoms with van der Waals surface area (Å²) >= 11 is 0. The molecule has 2 aliphatic heterocycles. The minimum atomic E-state index is -0.767. The second-order valence-electron chi connectivity index (χ2n) is 4.38. The molecule has 0 aromatic rings. The molecule has 0 radical (unpaired) electrons. The third-order valence-corrected chi connectivity index (χ3v) is 3.70. The minimum absolute atomic E-state index is 0.0385. The number of hydrogen-bond donors (Lipinski definition) is 0. The summed E-state index contributed by atoms with van der Waals surface area (Å²) in [5, 5.41) is 0. The summed E-state index contributed by atoms with van der Waals surface area (Å²) in [5.74, 6) is -0.275. The zero-order valence-electron chi connectivity index (χ0n) is 9.54. The van der Waals surface area contributed by atoms with Crippen LogP contribution in [-0.4, -0.2) is 37.0 Å². The van der Waals surface area contributed by atoms with Gasteiger partial charge < -0.3 is 14.2 Å². The summed E-state index contributed by atoms with van der Waals surface area (Å²) in [5.41, 5.74) is -1.25. The molecule has 0 spiro atoms. The van der Waals surface area contributed by atoms with Gasteiger partial charge in [-0.25, -0.2) is 4.79 Å². The summed E-state index contributed by atoms with van der Waals surface area (Å²) in [6, 6.07) is 0. The Morgan fingerprint density at radius 1 is 1.60 bits per heavy atom. The van der Waals surface area contributed by atoms with Crippen molar-refractivity contribution in [3.05, 3.63) is 0 Å². The van der Waals surface area contributed by atoms with E-state index in [9.17, 15) is 4.79 Å². The van der Waals surface area contributed by atoms with Gasteiger partial charge in [0.25, 0.3) is 0 Å². The first-order chi connectivity index (χ1) is 7.10. The van der Waals surface area contributed by atoms with E-state index in [4.69, 9.17) is 14.2 Å². The molecule has 0 saturated carbocycles. The van der Waals surface area contributed by atoms with Crippen molar-refractivity contribution >= 4 is 5.97 Å².